The predicted molar refractivity (Wildman–Crippen MR) is 79.0 cm³/mol. The van der Waals surface area contributed by atoms with E-state index in [1.165, 1.54) is 12.8 Å². The van der Waals surface area contributed by atoms with Crippen molar-refractivity contribution in [3.63, 3.8) is 0 Å². The van der Waals surface area contributed by atoms with Crippen molar-refractivity contribution in [2.75, 3.05) is 26.9 Å². The first kappa shape index (κ1) is 15.1. The number of ether oxygens (including phenoxy) is 2. The van der Waals surface area contributed by atoms with E-state index in [0.717, 1.165) is 30.3 Å². The fourth-order valence-electron chi connectivity index (χ4n) is 2.49. The molecule has 1 fully saturated rings. The summed E-state index contributed by atoms with van der Waals surface area (Å²) in [7, 11) is 1.64. The molecule has 0 radical (unpaired) electrons. The lowest BCUT2D eigenvalue weighted by molar-refractivity contribution is 0.0882. The molecule has 0 aromatic heterocycles. The molecule has 0 saturated heterocycles. The van der Waals surface area contributed by atoms with Gasteiger partial charge in [0.25, 0.3) is 0 Å². The maximum atomic E-state index is 9.67. The van der Waals surface area contributed by atoms with Crippen molar-refractivity contribution in [3.8, 4) is 11.5 Å². The number of methoxy groups -OCH3 is 1. The zero-order valence-electron chi connectivity index (χ0n) is 12.2. The summed E-state index contributed by atoms with van der Waals surface area (Å²) < 4.78 is 10.9. The van der Waals surface area contributed by atoms with E-state index in [1.807, 2.05) is 24.3 Å². The van der Waals surface area contributed by atoms with Crippen LogP contribution in [0.2, 0.25) is 0 Å². The smallest absolute Gasteiger partial charge is 0.119 e. The molecule has 0 bridgehead atoms. The lowest BCUT2D eigenvalue weighted by atomic mass is 9.80. The summed E-state index contributed by atoms with van der Waals surface area (Å²) >= 11 is 0. The predicted octanol–water partition coefficient (Wildman–Crippen LogP) is 2.20. The Morgan fingerprint density at radius 2 is 1.90 bits per heavy atom. The Morgan fingerprint density at radius 1 is 1.25 bits per heavy atom. The van der Waals surface area contributed by atoms with Crippen LogP contribution in [-0.2, 0) is 0 Å². The van der Waals surface area contributed by atoms with E-state index in [2.05, 4.69) is 0 Å². The molecule has 0 heterocycles. The highest BCUT2D eigenvalue weighted by Crippen LogP contribution is 2.41. The Bertz CT molecular complexity index is 397. The van der Waals surface area contributed by atoms with E-state index < -0.39 is 0 Å². The second kappa shape index (κ2) is 6.95. The topological polar surface area (TPSA) is 64.7 Å². The summed E-state index contributed by atoms with van der Waals surface area (Å²) in [6.45, 7) is 1.24. The quantitative estimate of drug-likeness (QED) is 0.727. The molecule has 0 amide bonds. The van der Waals surface area contributed by atoms with Gasteiger partial charge in [-0.05, 0) is 43.0 Å². The minimum absolute atomic E-state index is 0.145. The van der Waals surface area contributed by atoms with E-state index in [0.29, 0.717) is 13.2 Å². The number of aliphatic hydroxyl groups is 1. The first-order valence-electron chi connectivity index (χ1n) is 7.29. The highest BCUT2D eigenvalue weighted by atomic mass is 16.5. The van der Waals surface area contributed by atoms with Crippen LogP contribution in [-0.4, -0.2) is 32.0 Å². The van der Waals surface area contributed by atoms with Crippen LogP contribution in [0.25, 0.3) is 0 Å². The van der Waals surface area contributed by atoms with E-state index >= 15 is 0 Å². The van der Waals surface area contributed by atoms with Crippen molar-refractivity contribution in [1.29, 1.82) is 0 Å². The lowest BCUT2D eigenvalue weighted by Gasteiger charge is -2.30. The lowest BCUT2D eigenvalue weighted by Crippen LogP contribution is -2.36. The maximum absolute atomic E-state index is 9.67. The van der Waals surface area contributed by atoms with Crippen molar-refractivity contribution in [3.05, 3.63) is 24.3 Å². The fraction of sp³-hybridized carbons (Fsp3) is 0.625. The Hall–Kier alpha value is -1.26. The monoisotopic (exact) mass is 279 g/mol. The molecule has 20 heavy (non-hydrogen) atoms. The average Bonchev–Trinajstić information content (AvgIpc) is 3.31. The second-order valence-electron chi connectivity index (χ2n) is 5.78. The number of benzene rings is 1. The molecule has 0 aliphatic heterocycles. The first-order chi connectivity index (χ1) is 9.71. The van der Waals surface area contributed by atoms with E-state index in [9.17, 15) is 5.11 Å². The third kappa shape index (κ3) is 4.12. The molecule has 112 valence electrons. The Labute approximate surface area is 120 Å². The van der Waals surface area contributed by atoms with Gasteiger partial charge in [-0.3, -0.25) is 0 Å². The molecule has 1 aliphatic carbocycles. The van der Waals surface area contributed by atoms with Crippen LogP contribution in [0.3, 0.4) is 0 Å². The molecule has 2 rings (SSSR count). The Kier molecular flexibility index (Phi) is 5.26. The van der Waals surface area contributed by atoms with E-state index in [-0.39, 0.29) is 12.0 Å². The molecule has 1 unspecified atom stereocenters. The molecule has 0 spiro atoms. The summed E-state index contributed by atoms with van der Waals surface area (Å²) in [6.07, 6.45) is 4.37. The van der Waals surface area contributed by atoms with Crippen molar-refractivity contribution in [2.24, 2.45) is 17.1 Å². The van der Waals surface area contributed by atoms with Crippen molar-refractivity contribution >= 4 is 0 Å². The number of rotatable bonds is 9. The third-order valence-corrected chi connectivity index (χ3v) is 4.15. The van der Waals surface area contributed by atoms with Crippen LogP contribution in [0.5, 0.6) is 11.5 Å². The highest BCUT2D eigenvalue weighted by Gasteiger charge is 2.35. The minimum Gasteiger partial charge on any atom is -0.497 e. The normalized spacial score (nSPS) is 17.6. The van der Waals surface area contributed by atoms with Gasteiger partial charge in [-0.25, -0.2) is 0 Å². The van der Waals surface area contributed by atoms with Crippen molar-refractivity contribution < 1.29 is 14.6 Å². The van der Waals surface area contributed by atoms with Crippen LogP contribution in [0.15, 0.2) is 24.3 Å². The first-order valence-corrected chi connectivity index (χ1v) is 7.29. The maximum Gasteiger partial charge on any atom is 0.119 e. The number of hydrogen-bond acceptors (Lipinski definition) is 4. The molecule has 1 aromatic rings. The number of nitrogens with two attached hydrogens (primary N) is 1. The van der Waals surface area contributed by atoms with Crippen molar-refractivity contribution in [2.45, 2.75) is 25.7 Å². The van der Waals surface area contributed by atoms with Gasteiger partial charge >= 0.3 is 0 Å². The van der Waals surface area contributed by atoms with Gasteiger partial charge in [-0.1, -0.05) is 12.8 Å². The standard InChI is InChI=1S/C16H25NO3/c1-19-14-4-6-15(7-5-14)20-9-8-16(11-17,12-18)10-13-2-3-13/h4-7,13,18H,2-3,8-12,17H2,1H3. The molecular formula is C16H25NO3. The zero-order chi connectivity index (χ0) is 14.4. The summed E-state index contributed by atoms with van der Waals surface area (Å²) in [5.74, 6) is 2.39. The van der Waals surface area contributed by atoms with E-state index in [1.54, 1.807) is 7.11 Å². The van der Waals surface area contributed by atoms with Crippen LogP contribution >= 0.6 is 0 Å². The van der Waals surface area contributed by atoms with Crippen LogP contribution < -0.4 is 15.2 Å². The Balaban J connectivity index is 1.82. The van der Waals surface area contributed by atoms with Crippen molar-refractivity contribution in [1.82, 2.24) is 0 Å². The molecular weight excluding hydrogens is 254 g/mol. The molecule has 1 aromatic carbocycles. The minimum atomic E-state index is -0.173. The molecule has 1 atom stereocenters. The molecule has 1 saturated carbocycles. The zero-order valence-corrected chi connectivity index (χ0v) is 12.2. The SMILES string of the molecule is COc1ccc(OCCC(CN)(CO)CC2CC2)cc1. The second-order valence-corrected chi connectivity index (χ2v) is 5.78. The fourth-order valence-corrected chi connectivity index (χ4v) is 2.49. The Morgan fingerprint density at radius 3 is 2.40 bits per heavy atom. The van der Waals surface area contributed by atoms with Crippen LogP contribution in [0.4, 0.5) is 0 Å². The molecule has 1 aliphatic rings. The number of hydrogen-bond donors (Lipinski definition) is 2. The average molecular weight is 279 g/mol. The summed E-state index contributed by atoms with van der Waals surface area (Å²) in [6, 6.07) is 7.54. The molecule has 3 N–H and O–H groups in total. The van der Waals surface area contributed by atoms with Gasteiger partial charge in [0.05, 0.1) is 20.3 Å². The van der Waals surface area contributed by atoms with Gasteiger partial charge in [0.2, 0.25) is 0 Å². The van der Waals surface area contributed by atoms with Crippen LogP contribution in [0, 0.1) is 11.3 Å². The molecule has 4 heteroatoms. The van der Waals surface area contributed by atoms with E-state index in [4.69, 9.17) is 15.2 Å². The van der Waals surface area contributed by atoms with Gasteiger partial charge in [-0.15, -0.1) is 0 Å². The molecule has 4 nitrogen and oxygen atoms in total. The summed E-state index contributed by atoms with van der Waals surface area (Å²) in [5.41, 5.74) is 5.71. The van der Waals surface area contributed by atoms with Gasteiger partial charge in [0.1, 0.15) is 11.5 Å². The third-order valence-electron chi connectivity index (χ3n) is 4.15. The summed E-state index contributed by atoms with van der Waals surface area (Å²) in [5, 5.41) is 9.67. The largest absolute Gasteiger partial charge is 0.497 e. The van der Waals surface area contributed by atoms with Gasteiger partial charge < -0.3 is 20.3 Å². The number of aliphatic hydroxyl groups excluding tert-OH is 1. The van der Waals surface area contributed by atoms with Gasteiger partial charge in [-0.2, -0.15) is 0 Å². The van der Waals surface area contributed by atoms with Gasteiger partial charge in [0.15, 0.2) is 0 Å². The summed E-state index contributed by atoms with van der Waals surface area (Å²) in [4.78, 5) is 0. The van der Waals surface area contributed by atoms with Gasteiger partial charge in [0, 0.05) is 12.0 Å². The highest BCUT2D eigenvalue weighted by molar-refractivity contribution is 5.31. The van der Waals surface area contributed by atoms with Crippen LogP contribution in [0.1, 0.15) is 25.7 Å².